The summed E-state index contributed by atoms with van der Waals surface area (Å²) in [4.78, 5) is 30.8. The van der Waals surface area contributed by atoms with Gasteiger partial charge in [-0.05, 0) is 44.9 Å². The summed E-state index contributed by atoms with van der Waals surface area (Å²) in [6.45, 7) is 5.27. The zero-order chi connectivity index (χ0) is 20.1. The van der Waals surface area contributed by atoms with E-state index in [9.17, 15) is 9.59 Å². The van der Waals surface area contributed by atoms with Gasteiger partial charge in [0.05, 0.1) is 13.2 Å². The first-order valence-electron chi connectivity index (χ1n) is 9.26. The molecule has 1 atom stereocenters. The summed E-state index contributed by atoms with van der Waals surface area (Å²) in [7, 11) is 1.55. The van der Waals surface area contributed by atoms with Crippen LogP contribution in [0.15, 0.2) is 29.3 Å². The molecule has 1 fully saturated rings. The van der Waals surface area contributed by atoms with Gasteiger partial charge in [-0.1, -0.05) is 6.07 Å². The fourth-order valence-corrected chi connectivity index (χ4v) is 3.98. The summed E-state index contributed by atoms with van der Waals surface area (Å²) in [5, 5.41) is 2.91. The fraction of sp³-hybridized carbons (Fsp3) is 0.450. The van der Waals surface area contributed by atoms with Crippen LogP contribution < -0.4 is 14.9 Å². The Morgan fingerprint density at radius 1 is 1.39 bits per heavy atom. The molecule has 3 rings (SSSR count). The molecule has 28 heavy (non-hydrogen) atoms. The number of ether oxygens (including phenoxy) is 2. The first kappa shape index (κ1) is 20.3. The number of amides is 2. The summed E-state index contributed by atoms with van der Waals surface area (Å²) in [5.41, 5.74) is 1.37. The number of thiazole rings is 1. The third-order valence-corrected chi connectivity index (χ3v) is 5.85. The number of carbonyl (C=O) groups excluding carboxylic acids is 2. The number of hydrogen-bond acceptors (Lipinski definition) is 5. The van der Waals surface area contributed by atoms with Crippen LogP contribution in [-0.4, -0.2) is 42.7 Å². The predicted molar refractivity (Wildman–Crippen MR) is 107 cm³/mol. The monoisotopic (exact) mass is 403 g/mol. The van der Waals surface area contributed by atoms with Gasteiger partial charge in [0, 0.05) is 29.3 Å². The van der Waals surface area contributed by atoms with Crippen LogP contribution in [0.2, 0.25) is 0 Å². The van der Waals surface area contributed by atoms with Crippen LogP contribution in [0.25, 0.3) is 0 Å². The summed E-state index contributed by atoms with van der Waals surface area (Å²) < 4.78 is 12.5. The van der Waals surface area contributed by atoms with E-state index in [-0.39, 0.29) is 24.5 Å². The number of methoxy groups -OCH3 is 1. The molecule has 0 unspecified atom stereocenters. The van der Waals surface area contributed by atoms with Crippen molar-refractivity contribution in [3.8, 4) is 5.75 Å². The molecule has 1 aliphatic rings. The third-order valence-electron chi connectivity index (χ3n) is 4.76. The average Bonchev–Trinajstić information content (AvgIpc) is 3.31. The van der Waals surface area contributed by atoms with Crippen molar-refractivity contribution in [1.82, 2.24) is 9.88 Å². The molecule has 1 aromatic carbocycles. The van der Waals surface area contributed by atoms with Gasteiger partial charge in [0.25, 0.3) is 5.91 Å². The zero-order valence-corrected chi connectivity index (χ0v) is 17.2. The van der Waals surface area contributed by atoms with Crippen LogP contribution in [0.1, 0.15) is 33.8 Å². The number of carbonyl (C=O) groups is 2. The molecular formula is C20H25N3O4S. The molecule has 7 nitrogen and oxygen atoms in total. The van der Waals surface area contributed by atoms with E-state index >= 15 is 0 Å². The van der Waals surface area contributed by atoms with E-state index in [0.29, 0.717) is 22.7 Å². The lowest BCUT2D eigenvalue weighted by molar-refractivity contribution is -0.122. The highest BCUT2D eigenvalue weighted by Crippen LogP contribution is 2.14. The van der Waals surface area contributed by atoms with Crippen molar-refractivity contribution in [1.29, 1.82) is 0 Å². The maximum atomic E-state index is 12.6. The van der Waals surface area contributed by atoms with Gasteiger partial charge in [-0.15, -0.1) is 11.3 Å². The zero-order valence-electron chi connectivity index (χ0n) is 16.4. The van der Waals surface area contributed by atoms with Gasteiger partial charge in [0.1, 0.15) is 12.3 Å². The summed E-state index contributed by atoms with van der Waals surface area (Å²) in [6, 6.07) is 6.87. The minimum atomic E-state index is -0.367. The molecule has 2 amide bonds. The van der Waals surface area contributed by atoms with E-state index in [4.69, 9.17) is 9.47 Å². The molecule has 0 radical (unpaired) electrons. The van der Waals surface area contributed by atoms with Crippen LogP contribution in [0.3, 0.4) is 0 Å². The lowest BCUT2D eigenvalue weighted by atomic mass is 10.2. The Bertz CT molecular complexity index is 926. The maximum absolute atomic E-state index is 12.6. The largest absolute Gasteiger partial charge is 0.497 e. The van der Waals surface area contributed by atoms with Crippen LogP contribution in [0.4, 0.5) is 0 Å². The first-order chi connectivity index (χ1) is 13.5. The highest BCUT2D eigenvalue weighted by Gasteiger charge is 2.17. The highest BCUT2D eigenvalue weighted by molar-refractivity contribution is 7.09. The van der Waals surface area contributed by atoms with Crippen molar-refractivity contribution < 1.29 is 19.1 Å². The smallest absolute Gasteiger partial charge is 0.279 e. The number of aryl methyl sites for hydroxylation is 1. The highest BCUT2D eigenvalue weighted by atomic mass is 32.1. The Morgan fingerprint density at radius 2 is 2.21 bits per heavy atom. The van der Waals surface area contributed by atoms with E-state index in [2.05, 4.69) is 10.3 Å². The predicted octanol–water partition coefficient (Wildman–Crippen LogP) is 2.21. The number of benzene rings is 1. The second kappa shape index (κ2) is 9.16. The number of rotatable bonds is 6. The maximum Gasteiger partial charge on any atom is 0.279 e. The molecule has 1 aromatic heterocycles. The number of aromatic nitrogens is 1. The molecule has 0 bridgehead atoms. The third kappa shape index (κ3) is 4.88. The van der Waals surface area contributed by atoms with Crippen molar-refractivity contribution in [3.63, 3.8) is 0 Å². The molecule has 0 aliphatic carbocycles. The normalized spacial score (nSPS) is 17.0. The van der Waals surface area contributed by atoms with Crippen molar-refractivity contribution >= 4 is 23.2 Å². The van der Waals surface area contributed by atoms with E-state index in [1.807, 2.05) is 13.8 Å². The summed E-state index contributed by atoms with van der Waals surface area (Å²) in [5.74, 6) is 0.112. The van der Waals surface area contributed by atoms with Gasteiger partial charge < -0.3 is 19.4 Å². The summed E-state index contributed by atoms with van der Waals surface area (Å²) in [6.07, 6.45) is 2.10. The summed E-state index contributed by atoms with van der Waals surface area (Å²) >= 11 is 1.40. The molecule has 1 N–H and O–H groups in total. The van der Waals surface area contributed by atoms with Crippen LogP contribution >= 0.6 is 11.3 Å². The van der Waals surface area contributed by atoms with Gasteiger partial charge in [0.2, 0.25) is 5.91 Å². The van der Waals surface area contributed by atoms with Crippen molar-refractivity contribution in [3.05, 3.63) is 45.2 Å². The number of nitrogens with zero attached hydrogens (tertiary/aromatic N) is 2. The standard InChI is InChI=1S/C20H25N3O4S/c1-13-14(2)28-20(22-19(25)15-6-4-7-16(10-15)26-3)23(13)12-18(24)21-11-17-8-5-9-27-17/h4,6-7,10,17H,5,8-9,11-12H2,1-3H3,(H,21,24)/t17-/m0/s1. The van der Waals surface area contributed by atoms with Gasteiger partial charge in [0.15, 0.2) is 4.80 Å². The van der Waals surface area contributed by atoms with Crippen molar-refractivity contribution in [2.75, 3.05) is 20.3 Å². The Kier molecular flexibility index (Phi) is 6.64. The lowest BCUT2D eigenvalue weighted by Crippen LogP contribution is -2.36. The van der Waals surface area contributed by atoms with Crippen LogP contribution in [-0.2, 0) is 16.1 Å². The molecule has 8 heteroatoms. The molecular weight excluding hydrogens is 378 g/mol. The molecule has 1 saturated heterocycles. The first-order valence-corrected chi connectivity index (χ1v) is 10.1. The SMILES string of the molecule is COc1cccc(C(=O)N=c2sc(C)c(C)n2CC(=O)NC[C@@H]2CCCO2)c1. The number of nitrogens with one attached hydrogen (secondary N) is 1. The second-order valence-electron chi connectivity index (χ2n) is 6.70. The quantitative estimate of drug-likeness (QED) is 0.802. The minimum Gasteiger partial charge on any atom is -0.497 e. The van der Waals surface area contributed by atoms with Crippen LogP contribution in [0, 0.1) is 13.8 Å². The van der Waals surface area contributed by atoms with Crippen molar-refractivity contribution in [2.24, 2.45) is 4.99 Å². The average molecular weight is 404 g/mol. The minimum absolute atomic E-state index is 0.0954. The van der Waals surface area contributed by atoms with E-state index < -0.39 is 0 Å². The van der Waals surface area contributed by atoms with E-state index in [1.54, 1.807) is 35.9 Å². The number of hydrogen-bond donors (Lipinski definition) is 1. The van der Waals surface area contributed by atoms with E-state index in [0.717, 1.165) is 30.0 Å². The molecule has 150 valence electrons. The molecule has 0 saturated carbocycles. The van der Waals surface area contributed by atoms with Crippen LogP contribution in [0.5, 0.6) is 5.75 Å². The van der Waals surface area contributed by atoms with E-state index in [1.165, 1.54) is 11.3 Å². The molecule has 0 spiro atoms. The molecule has 2 aromatic rings. The second-order valence-corrected chi connectivity index (χ2v) is 7.88. The Balaban J connectivity index is 1.77. The molecule has 2 heterocycles. The van der Waals surface area contributed by atoms with Crippen molar-refractivity contribution in [2.45, 2.75) is 39.3 Å². The lowest BCUT2D eigenvalue weighted by Gasteiger charge is -2.12. The Hall–Kier alpha value is -2.45. The Labute approximate surface area is 168 Å². The fourth-order valence-electron chi connectivity index (χ4n) is 3.01. The topological polar surface area (TPSA) is 81.9 Å². The van der Waals surface area contributed by atoms with Gasteiger partial charge in [-0.25, -0.2) is 0 Å². The van der Waals surface area contributed by atoms with Gasteiger partial charge in [-0.3, -0.25) is 9.59 Å². The van der Waals surface area contributed by atoms with Gasteiger partial charge in [-0.2, -0.15) is 4.99 Å². The Morgan fingerprint density at radius 3 is 2.93 bits per heavy atom. The van der Waals surface area contributed by atoms with Gasteiger partial charge >= 0.3 is 0 Å². The molecule has 1 aliphatic heterocycles.